The van der Waals surface area contributed by atoms with Crippen molar-refractivity contribution >= 4 is 76.6 Å². The van der Waals surface area contributed by atoms with E-state index >= 15 is 14.4 Å². The molecule has 0 bridgehead atoms. The smallest absolute Gasteiger partial charge is 0.351 e. The van der Waals surface area contributed by atoms with Gasteiger partial charge >= 0.3 is 6.18 Å². The van der Waals surface area contributed by atoms with E-state index < -0.39 is 151 Å². The quantitative estimate of drug-likeness (QED) is 0.242. The van der Waals surface area contributed by atoms with Gasteiger partial charge in [-0.2, -0.15) is 13.2 Å². The fraction of sp³-hybridized carbons (Fsp3) is 0.561. The van der Waals surface area contributed by atoms with Crippen LogP contribution in [-0.2, 0) is 78.2 Å². The Labute approximate surface area is 542 Å². The molecule has 11 amide bonds. The van der Waals surface area contributed by atoms with Gasteiger partial charge in [0.25, 0.3) is 0 Å². The number of aryl methyl sites for hydroxylation is 1. The van der Waals surface area contributed by atoms with Crippen LogP contribution in [0.15, 0.2) is 78.9 Å². The molecule has 0 aliphatic carbocycles. The van der Waals surface area contributed by atoms with E-state index in [-0.39, 0.29) is 57.4 Å². The number of alkyl halides is 3. The molecule has 3 aromatic carbocycles. The first kappa shape index (κ1) is 74.6. The number of halogens is 4. The zero-order chi connectivity index (χ0) is 68.6. The Morgan fingerprint density at radius 1 is 0.565 bits per heavy atom. The molecule has 2 aliphatic heterocycles. The summed E-state index contributed by atoms with van der Waals surface area (Å²) in [4.78, 5) is 168. The molecule has 22 nitrogen and oxygen atoms in total. The first-order valence-corrected chi connectivity index (χ1v) is 31.5. The lowest BCUT2D eigenvalue weighted by molar-refractivity contribution is -0.152. The topological polar surface area (TPSA) is 250 Å². The van der Waals surface area contributed by atoms with Gasteiger partial charge in [-0.15, -0.1) is 0 Å². The van der Waals surface area contributed by atoms with E-state index in [1.165, 1.54) is 88.0 Å². The van der Waals surface area contributed by atoms with Crippen LogP contribution in [0.2, 0.25) is 5.02 Å². The minimum Gasteiger partial charge on any atom is -0.351 e. The average Bonchev–Trinajstić information content (AvgIpc) is 1.47. The molecule has 92 heavy (non-hydrogen) atoms. The summed E-state index contributed by atoms with van der Waals surface area (Å²) < 4.78 is 40.9. The van der Waals surface area contributed by atoms with Crippen LogP contribution in [0.4, 0.5) is 13.2 Å². The maximum atomic E-state index is 15.2. The van der Waals surface area contributed by atoms with Crippen molar-refractivity contribution in [2.45, 2.75) is 154 Å². The Kier molecular flexibility index (Phi) is 27.2. The van der Waals surface area contributed by atoms with Crippen molar-refractivity contribution in [3.8, 4) is 0 Å². The molecule has 3 N–H and O–H groups in total. The SMILES string of the molecule is CC[C@H](C)[C@@H]1NC(=O)[C@H](C)N(C)C(=O)C[C@@H](C)NC(=O)[C@H](CC(C)C)N(C)C(=O)[C@H](Cc2ccccc2)N(C)C(=O)[C@@H]2CCCN2C(=O)[C@H](CCc2ccc(C(F)(F)F)cc2)NC(=O)CN(C)C(=O)[C@H](Cc2ccc(Cl)cc2)N(C)C(=O)CN(C)C(=O)CN(C)C1=O. The zero-order valence-corrected chi connectivity index (χ0v) is 55.8. The van der Waals surface area contributed by atoms with E-state index in [0.29, 0.717) is 34.6 Å². The van der Waals surface area contributed by atoms with Gasteiger partial charge in [-0.3, -0.25) is 52.7 Å². The molecule has 3 aromatic rings. The second-order valence-corrected chi connectivity index (χ2v) is 25.4. The number of hydrogen-bond acceptors (Lipinski definition) is 11. The van der Waals surface area contributed by atoms with E-state index in [2.05, 4.69) is 16.0 Å². The van der Waals surface area contributed by atoms with Crippen LogP contribution in [0.1, 0.15) is 102 Å². The van der Waals surface area contributed by atoms with Crippen LogP contribution < -0.4 is 16.0 Å². The molecule has 26 heteroatoms. The molecule has 2 aliphatic rings. The fourth-order valence-electron chi connectivity index (χ4n) is 11.2. The van der Waals surface area contributed by atoms with Crippen molar-refractivity contribution in [1.82, 2.24) is 55.1 Å². The Morgan fingerprint density at radius 2 is 1.12 bits per heavy atom. The summed E-state index contributed by atoms with van der Waals surface area (Å²) >= 11 is 6.21. The van der Waals surface area contributed by atoms with Crippen LogP contribution in [0.5, 0.6) is 0 Å². The first-order chi connectivity index (χ1) is 43.1. The minimum absolute atomic E-state index is 0.0197. The molecule has 2 saturated heterocycles. The van der Waals surface area contributed by atoms with Crippen molar-refractivity contribution in [3.63, 3.8) is 0 Å². The maximum absolute atomic E-state index is 15.2. The predicted octanol–water partition coefficient (Wildman–Crippen LogP) is 4.44. The fourth-order valence-corrected chi connectivity index (χ4v) is 11.3. The number of hydrogen-bond donors (Lipinski definition) is 3. The van der Waals surface area contributed by atoms with Gasteiger partial charge in [0.1, 0.15) is 42.3 Å². The number of likely N-dealkylation sites (N-methyl/N-ethyl adjacent to an activating group) is 7. The predicted molar refractivity (Wildman–Crippen MR) is 340 cm³/mol. The van der Waals surface area contributed by atoms with Gasteiger partial charge in [0.05, 0.1) is 25.2 Å². The highest BCUT2D eigenvalue weighted by Crippen LogP contribution is 2.30. The number of fused-ring (bicyclic) bond motifs is 1. The Bertz CT molecular complexity index is 3100. The summed E-state index contributed by atoms with van der Waals surface area (Å²) in [6.07, 6.45) is -4.18. The number of benzene rings is 3. The van der Waals surface area contributed by atoms with Crippen molar-refractivity contribution < 1.29 is 65.9 Å². The lowest BCUT2D eigenvalue weighted by Crippen LogP contribution is -2.59. The summed E-state index contributed by atoms with van der Waals surface area (Å²) in [6, 6.07) is 10.2. The lowest BCUT2D eigenvalue weighted by atomic mass is 9.97. The van der Waals surface area contributed by atoms with Crippen molar-refractivity contribution in [2.24, 2.45) is 11.8 Å². The molecule has 9 atom stereocenters. The summed E-state index contributed by atoms with van der Waals surface area (Å²) in [6.45, 7) is 8.60. The largest absolute Gasteiger partial charge is 0.416 e. The van der Waals surface area contributed by atoms with E-state index in [4.69, 9.17) is 11.6 Å². The molecule has 0 spiro atoms. The van der Waals surface area contributed by atoms with Gasteiger partial charge in [-0.25, -0.2) is 0 Å². The Morgan fingerprint density at radius 3 is 1.71 bits per heavy atom. The number of rotatable bonds is 11. The highest BCUT2D eigenvalue weighted by molar-refractivity contribution is 6.30. The number of carbonyl (C=O) groups excluding carboxylic acids is 11. The van der Waals surface area contributed by atoms with Gasteiger partial charge in [-0.05, 0) is 98.7 Å². The van der Waals surface area contributed by atoms with Gasteiger partial charge < -0.3 is 55.1 Å². The van der Waals surface area contributed by atoms with Gasteiger partial charge in [-0.1, -0.05) is 100 Å². The number of nitrogens with zero attached hydrogens (tertiary/aromatic N) is 8. The lowest BCUT2D eigenvalue weighted by Gasteiger charge is -2.37. The molecular formula is C66H91ClF3N11O11. The van der Waals surface area contributed by atoms with E-state index in [1.54, 1.807) is 68.4 Å². The van der Waals surface area contributed by atoms with E-state index in [9.17, 15) is 51.5 Å². The van der Waals surface area contributed by atoms with Gasteiger partial charge in [0, 0.05) is 86.2 Å². The number of amides is 11. The summed E-state index contributed by atoms with van der Waals surface area (Å²) in [5.74, 6) is -7.99. The number of nitrogens with one attached hydrogen (secondary N) is 3. The first-order valence-electron chi connectivity index (χ1n) is 31.1. The van der Waals surface area contributed by atoms with Crippen LogP contribution in [0.3, 0.4) is 0 Å². The molecular weight excluding hydrogens is 1220 g/mol. The highest BCUT2D eigenvalue weighted by Gasteiger charge is 2.44. The highest BCUT2D eigenvalue weighted by atomic mass is 35.5. The van der Waals surface area contributed by atoms with Gasteiger partial charge in [0.15, 0.2) is 0 Å². The summed E-state index contributed by atoms with van der Waals surface area (Å²) in [5, 5.41) is 8.77. The standard InChI is InChI=1S/C66H91ClF3N11O11/c1-14-41(4)58-65(92)76(9)38-56(84)74(7)39-57(85)78(11)52(36-46-24-29-48(67)30-25-46)62(89)75(8)37-54(82)72-49(31-26-44-22-27-47(28-23-44)66(68,69)70)61(88)81-32-18-21-50(81)63(90)80(13)53(35-45-19-16-15-17-20-45)64(91)79(12)51(33-40(2)3)60(87)71-42(5)34-55(83)77(10)43(6)59(86)73-58/h15-17,19-20,22-25,27-30,40-43,49-53,58H,14,18,21,26,31-39H2,1-13H3,(H,71,87)(H,72,82)(H,73,86)/t41-,42+,43-,49-,50-,51-,52-,53-,58-/m0/s1. The molecule has 2 fully saturated rings. The minimum atomic E-state index is -4.63. The van der Waals surface area contributed by atoms with Crippen LogP contribution in [0.25, 0.3) is 0 Å². The van der Waals surface area contributed by atoms with Crippen LogP contribution in [0, 0.1) is 11.8 Å². The molecule has 504 valence electrons. The van der Waals surface area contributed by atoms with Crippen molar-refractivity contribution in [2.75, 3.05) is 75.5 Å². The Hall–Kier alpha value is -8.09. The molecule has 2 heterocycles. The van der Waals surface area contributed by atoms with Crippen molar-refractivity contribution in [1.29, 1.82) is 0 Å². The second kappa shape index (κ2) is 33.5. The number of carbonyl (C=O) groups is 11. The van der Waals surface area contributed by atoms with Crippen molar-refractivity contribution in [3.05, 3.63) is 106 Å². The third-order valence-electron chi connectivity index (χ3n) is 17.4. The molecule has 0 radical (unpaired) electrons. The second-order valence-electron chi connectivity index (χ2n) is 24.9. The summed E-state index contributed by atoms with van der Waals surface area (Å²) in [5.41, 5.74) is 0.723. The third-order valence-corrected chi connectivity index (χ3v) is 17.7. The molecule has 5 rings (SSSR count). The van der Waals surface area contributed by atoms with Crippen LogP contribution >= 0.6 is 11.6 Å². The normalized spacial score (nSPS) is 24.3. The zero-order valence-electron chi connectivity index (χ0n) is 55.1. The monoisotopic (exact) mass is 1310 g/mol. The Balaban J connectivity index is 1.58. The average molecular weight is 1310 g/mol. The van der Waals surface area contributed by atoms with Crippen LogP contribution in [-0.4, -0.2) is 228 Å². The molecule has 0 saturated carbocycles. The maximum Gasteiger partial charge on any atom is 0.416 e. The summed E-state index contributed by atoms with van der Waals surface area (Å²) in [7, 11) is 9.66. The molecule has 0 aromatic heterocycles. The third kappa shape index (κ3) is 20.2. The van der Waals surface area contributed by atoms with E-state index in [0.717, 1.165) is 31.7 Å². The van der Waals surface area contributed by atoms with Gasteiger partial charge in [0.2, 0.25) is 65.0 Å². The molecule has 0 unspecified atom stereocenters. The van der Waals surface area contributed by atoms with E-state index in [1.807, 2.05) is 20.8 Å².